The lowest BCUT2D eigenvalue weighted by Crippen LogP contribution is -2.20. The van der Waals surface area contributed by atoms with Gasteiger partial charge in [0.1, 0.15) is 0 Å². The predicted molar refractivity (Wildman–Crippen MR) is 62.7 cm³/mol. The normalized spacial score (nSPS) is 23.9. The van der Waals surface area contributed by atoms with Crippen molar-refractivity contribution in [2.75, 3.05) is 18.5 Å². The lowest BCUT2D eigenvalue weighted by molar-refractivity contribution is 0.102. The zero-order valence-electron chi connectivity index (χ0n) is 9.36. The van der Waals surface area contributed by atoms with E-state index in [1.807, 2.05) is 7.05 Å². The number of nitrogens with zero attached hydrogens (tertiary/aromatic N) is 2. The van der Waals surface area contributed by atoms with Crippen LogP contribution < -0.4 is 4.90 Å². The Hall–Kier alpha value is -0.900. The molecular weight excluding hydrogens is 208 g/mol. The number of aromatic nitrogens is 1. The Balaban J connectivity index is 1.98. The quantitative estimate of drug-likeness (QED) is 0.736. The maximum Gasteiger partial charge on any atom is 0.185 e. The Kier molecular flexibility index (Phi) is 2.78. The van der Waals surface area contributed by atoms with Crippen LogP contribution in [0.1, 0.15) is 29.9 Å². The van der Waals surface area contributed by atoms with Crippen molar-refractivity contribution in [3.8, 4) is 0 Å². The van der Waals surface area contributed by atoms with E-state index in [0.717, 1.165) is 28.4 Å². The molecule has 1 aliphatic carbocycles. The summed E-state index contributed by atoms with van der Waals surface area (Å²) in [4.78, 5) is 18.3. The van der Waals surface area contributed by atoms with Gasteiger partial charge in [-0.15, -0.1) is 0 Å². The van der Waals surface area contributed by atoms with Gasteiger partial charge in [0.15, 0.2) is 10.9 Å². The van der Waals surface area contributed by atoms with Crippen LogP contribution in [0.4, 0.5) is 5.13 Å². The summed E-state index contributed by atoms with van der Waals surface area (Å²) in [6.45, 7) is 4.92. The number of rotatable bonds is 4. The molecule has 0 spiro atoms. The molecule has 2 unspecified atom stereocenters. The smallest absolute Gasteiger partial charge is 0.185 e. The summed E-state index contributed by atoms with van der Waals surface area (Å²) in [6, 6.07) is 0. The van der Waals surface area contributed by atoms with Crippen LogP contribution in [-0.2, 0) is 0 Å². The average Bonchev–Trinajstić information content (AvgIpc) is 2.71. The van der Waals surface area contributed by atoms with Crippen molar-refractivity contribution in [2.45, 2.75) is 20.3 Å². The maximum absolute atomic E-state index is 11.1. The molecule has 1 aliphatic rings. The zero-order valence-corrected chi connectivity index (χ0v) is 10.2. The third-order valence-electron chi connectivity index (χ3n) is 2.95. The van der Waals surface area contributed by atoms with E-state index < -0.39 is 0 Å². The van der Waals surface area contributed by atoms with Crippen molar-refractivity contribution in [3.05, 3.63) is 11.1 Å². The molecule has 2 atom stereocenters. The second-order valence-corrected chi connectivity index (χ2v) is 5.43. The summed E-state index contributed by atoms with van der Waals surface area (Å²) >= 11 is 1.49. The highest BCUT2D eigenvalue weighted by atomic mass is 32.1. The molecule has 0 aromatic carbocycles. The molecule has 1 aromatic rings. The number of carbonyl (C=O) groups excluding carboxylic acids is 1. The lowest BCUT2D eigenvalue weighted by atomic mass is 10.3. The molecule has 3 nitrogen and oxygen atoms in total. The first-order valence-electron chi connectivity index (χ1n) is 5.26. The monoisotopic (exact) mass is 224 g/mol. The molecule has 15 heavy (non-hydrogen) atoms. The van der Waals surface area contributed by atoms with E-state index in [-0.39, 0.29) is 5.78 Å². The van der Waals surface area contributed by atoms with Crippen molar-refractivity contribution < 1.29 is 4.79 Å². The first-order valence-corrected chi connectivity index (χ1v) is 6.07. The molecule has 1 fully saturated rings. The standard InChI is InChI=1S/C11H16N2OS/c1-7-4-9(7)6-13(3)11-12-5-10(15-11)8(2)14/h5,7,9H,4,6H2,1-3H3. The summed E-state index contributed by atoms with van der Waals surface area (Å²) in [6.07, 6.45) is 3.00. The van der Waals surface area contributed by atoms with Crippen molar-refractivity contribution in [1.29, 1.82) is 0 Å². The van der Waals surface area contributed by atoms with E-state index in [9.17, 15) is 4.79 Å². The number of thiazole rings is 1. The Bertz CT molecular complexity index is 374. The molecule has 0 saturated heterocycles. The van der Waals surface area contributed by atoms with Gasteiger partial charge in [-0.2, -0.15) is 0 Å². The lowest BCUT2D eigenvalue weighted by Gasteiger charge is -2.14. The number of ketones is 1. The Morgan fingerprint density at radius 3 is 2.87 bits per heavy atom. The maximum atomic E-state index is 11.1. The van der Waals surface area contributed by atoms with Crippen LogP contribution in [0.25, 0.3) is 0 Å². The minimum Gasteiger partial charge on any atom is -0.351 e. The number of carbonyl (C=O) groups is 1. The summed E-state index contributed by atoms with van der Waals surface area (Å²) in [7, 11) is 2.05. The number of Topliss-reactive ketones (excluding diaryl/α,β-unsaturated/α-hetero) is 1. The van der Waals surface area contributed by atoms with Crippen LogP contribution in [0, 0.1) is 11.8 Å². The molecule has 82 valence electrons. The molecule has 0 amide bonds. The molecule has 0 aliphatic heterocycles. The molecular formula is C11H16N2OS. The second-order valence-electron chi connectivity index (χ2n) is 4.42. The highest BCUT2D eigenvalue weighted by Crippen LogP contribution is 2.39. The zero-order chi connectivity index (χ0) is 11.0. The topological polar surface area (TPSA) is 33.2 Å². The van der Waals surface area contributed by atoms with Crippen molar-refractivity contribution in [1.82, 2.24) is 4.98 Å². The molecule has 0 N–H and O–H groups in total. The van der Waals surface area contributed by atoms with Gasteiger partial charge < -0.3 is 4.90 Å². The van der Waals surface area contributed by atoms with Crippen molar-refractivity contribution in [3.63, 3.8) is 0 Å². The van der Waals surface area contributed by atoms with Gasteiger partial charge in [-0.3, -0.25) is 4.79 Å². The Morgan fingerprint density at radius 1 is 1.73 bits per heavy atom. The Labute approximate surface area is 94.1 Å². The fourth-order valence-electron chi connectivity index (χ4n) is 1.69. The Morgan fingerprint density at radius 2 is 2.40 bits per heavy atom. The fourth-order valence-corrected chi connectivity index (χ4v) is 2.47. The first-order chi connectivity index (χ1) is 7.08. The molecule has 1 saturated carbocycles. The molecule has 1 heterocycles. The van der Waals surface area contributed by atoms with Crippen LogP contribution in [0.3, 0.4) is 0 Å². The fraction of sp³-hybridized carbons (Fsp3) is 0.636. The molecule has 0 bridgehead atoms. The SMILES string of the molecule is CC(=O)c1cnc(N(C)CC2CC2C)s1. The van der Waals surface area contributed by atoms with E-state index in [0.29, 0.717) is 0 Å². The summed E-state index contributed by atoms with van der Waals surface area (Å²) in [5.74, 6) is 1.78. The van der Waals surface area contributed by atoms with Gasteiger partial charge in [-0.25, -0.2) is 4.98 Å². The molecule has 4 heteroatoms. The highest BCUT2D eigenvalue weighted by Gasteiger charge is 2.33. The van der Waals surface area contributed by atoms with Crippen LogP contribution in [0.5, 0.6) is 0 Å². The van der Waals surface area contributed by atoms with Crippen LogP contribution >= 0.6 is 11.3 Å². The van der Waals surface area contributed by atoms with E-state index >= 15 is 0 Å². The third-order valence-corrected chi connectivity index (χ3v) is 4.16. The van der Waals surface area contributed by atoms with Gasteiger partial charge in [0, 0.05) is 20.5 Å². The van der Waals surface area contributed by atoms with Gasteiger partial charge >= 0.3 is 0 Å². The molecule has 2 rings (SSSR count). The first kappa shape index (κ1) is 10.6. The second kappa shape index (κ2) is 3.93. The number of hydrogen-bond acceptors (Lipinski definition) is 4. The molecule has 0 radical (unpaired) electrons. The van der Waals surface area contributed by atoms with Crippen LogP contribution in [-0.4, -0.2) is 24.4 Å². The van der Waals surface area contributed by atoms with E-state index in [1.165, 1.54) is 17.8 Å². The van der Waals surface area contributed by atoms with Gasteiger partial charge in [0.2, 0.25) is 0 Å². The summed E-state index contributed by atoms with van der Waals surface area (Å²) in [5, 5.41) is 0.958. The summed E-state index contributed by atoms with van der Waals surface area (Å²) < 4.78 is 0. The highest BCUT2D eigenvalue weighted by molar-refractivity contribution is 7.17. The number of anilines is 1. The van der Waals surface area contributed by atoms with Gasteiger partial charge in [0.05, 0.1) is 11.1 Å². The third kappa shape index (κ3) is 2.37. The largest absolute Gasteiger partial charge is 0.351 e. The average molecular weight is 224 g/mol. The van der Waals surface area contributed by atoms with Crippen LogP contribution in [0.15, 0.2) is 6.20 Å². The molecule has 1 aromatic heterocycles. The van der Waals surface area contributed by atoms with Crippen molar-refractivity contribution in [2.24, 2.45) is 11.8 Å². The minimum atomic E-state index is 0.104. The van der Waals surface area contributed by atoms with Gasteiger partial charge in [-0.1, -0.05) is 18.3 Å². The van der Waals surface area contributed by atoms with E-state index in [4.69, 9.17) is 0 Å². The van der Waals surface area contributed by atoms with Crippen molar-refractivity contribution >= 4 is 22.3 Å². The van der Waals surface area contributed by atoms with E-state index in [2.05, 4.69) is 16.8 Å². The summed E-state index contributed by atoms with van der Waals surface area (Å²) in [5.41, 5.74) is 0. The van der Waals surface area contributed by atoms with Crippen LogP contribution in [0.2, 0.25) is 0 Å². The van der Waals surface area contributed by atoms with Gasteiger partial charge in [0.25, 0.3) is 0 Å². The number of hydrogen-bond donors (Lipinski definition) is 0. The van der Waals surface area contributed by atoms with E-state index in [1.54, 1.807) is 13.1 Å². The predicted octanol–water partition coefficient (Wildman–Crippen LogP) is 2.44. The van der Waals surface area contributed by atoms with Gasteiger partial charge in [-0.05, 0) is 18.3 Å². The minimum absolute atomic E-state index is 0.104.